The van der Waals surface area contributed by atoms with Crippen molar-refractivity contribution in [3.05, 3.63) is 30.1 Å². The van der Waals surface area contributed by atoms with Crippen LogP contribution in [0.3, 0.4) is 0 Å². The number of aliphatic hydroxyl groups is 1. The molecule has 1 heterocycles. The van der Waals surface area contributed by atoms with Crippen molar-refractivity contribution < 1.29 is 5.11 Å². The van der Waals surface area contributed by atoms with E-state index in [-0.39, 0.29) is 23.6 Å². The lowest BCUT2D eigenvalue weighted by molar-refractivity contribution is 0.281. The fourth-order valence-electron chi connectivity index (χ4n) is 0.492. The first kappa shape index (κ1) is 8.59. The van der Waals surface area contributed by atoms with Gasteiger partial charge in [-0.25, -0.2) is 0 Å². The van der Waals surface area contributed by atoms with Crippen LogP contribution in [0.4, 0.5) is 0 Å². The third kappa shape index (κ3) is 2.58. The normalized spacial score (nSPS) is 8.11. The van der Waals surface area contributed by atoms with Gasteiger partial charge < -0.3 is 5.11 Å². The van der Waals surface area contributed by atoms with Gasteiger partial charge in [0.15, 0.2) is 0 Å². The molecule has 0 aliphatic carbocycles. The van der Waals surface area contributed by atoms with Crippen LogP contribution in [-0.2, 0) is 6.61 Å². The maximum absolute atomic E-state index is 8.50. The highest BCUT2D eigenvalue weighted by molar-refractivity contribution is 8.93. The molecule has 0 amide bonds. The van der Waals surface area contributed by atoms with Crippen molar-refractivity contribution in [2.45, 2.75) is 6.61 Å². The van der Waals surface area contributed by atoms with E-state index in [4.69, 9.17) is 5.11 Å². The first-order valence-electron chi connectivity index (χ1n) is 2.43. The Labute approximate surface area is 64.3 Å². The minimum atomic E-state index is 0. The monoisotopic (exact) mass is 189 g/mol. The maximum atomic E-state index is 8.50. The van der Waals surface area contributed by atoms with Crippen LogP contribution in [0.1, 0.15) is 5.56 Å². The molecule has 3 heteroatoms. The van der Waals surface area contributed by atoms with E-state index in [1.54, 1.807) is 18.5 Å². The van der Waals surface area contributed by atoms with Crippen molar-refractivity contribution in [3.8, 4) is 0 Å². The van der Waals surface area contributed by atoms with Gasteiger partial charge in [-0.15, -0.1) is 17.0 Å². The molecule has 0 bridgehead atoms. The SMILES string of the molecule is Br.OCc1cccnc1. The zero-order valence-electron chi connectivity index (χ0n) is 4.82. The predicted molar refractivity (Wildman–Crippen MR) is 40.5 cm³/mol. The molecule has 1 rings (SSSR count). The van der Waals surface area contributed by atoms with Gasteiger partial charge in [0.05, 0.1) is 6.61 Å². The minimum Gasteiger partial charge on any atom is -0.392 e. The van der Waals surface area contributed by atoms with Gasteiger partial charge >= 0.3 is 0 Å². The van der Waals surface area contributed by atoms with Crippen molar-refractivity contribution >= 4 is 17.0 Å². The summed E-state index contributed by atoms with van der Waals surface area (Å²) < 4.78 is 0. The quantitative estimate of drug-likeness (QED) is 0.720. The molecule has 1 N–H and O–H groups in total. The molecule has 0 atom stereocenters. The maximum Gasteiger partial charge on any atom is 0.0696 e. The number of aromatic nitrogens is 1. The molecule has 0 aromatic carbocycles. The van der Waals surface area contributed by atoms with Crippen LogP contribution in [-0.4, -0.2) is 10.1 Å². The van der Waals surface area contributed by atoms with Crippen LogP contribution in [0.2, 0.25) is 0 Å². The molecule has 0 radical (unpaired) electrons. The number of pyridine rings is 1. The molecule has 50 valence electrons. The van der Waals surface area contributed by atoms with Crippen LogP contribution in [0, 0.1) is 0 Å². The summed E-state index contributed by atoms with van der Waals surface area (Å²) in [6, 6.07) is 3.62. The van der Waals surface area contributed by atoms with Gasteiger partial charge in [0.1, 0.15) is 0 Å². The number of nitrogens with zero attached hydrogens (tertiary/aromatic N) is 1. The molecule has 9 heavy (non-hydrogen) atoms. The Morgan fingerprint density at radius 2 is 2.33 bits per heavy atom. The molecular weight excluding hydrogens is 182 g/mol. The van der Waals surface area contributed by atoms with Gasteiger partial charge in [-0.1, -0.05) is 6.07 Å². The lowest BCUT2D eigenvalue weighted by Crippen LogP contribution is -1.80. The first-order chi connectivity index (χ1) is 3.93. The standard InChI is InChI=1S/C6H7NO.BrH/c8-5-6-2-1-3-7-4-6;/h1-4,8H,5H2;1H. The molecular formula is C6H8BrNO. The van der Waals surface area contributed by atoms with Crippen molar-refractivity contribution in [2.24, 2.45) is 0 Å². The van der Waals surface area contributed by atoms with Gasteiger partial charge in [0.25, 0.3) is 0 Å². The number of hydrogen-bond donors (Lipinski definition) is 1. The molecule has 0 saturated heterocycles. The predicted octanol–water partition coefficient (Wildman–Crippen LogP) is 1.15. The van der Waals surface area contributed by atoms with Crippen LogP contribution in [0.25, 0.3) is 0 Å². The summed E-state index contributed by atoms with van der Waals surface area (Å²) in [6.45, 7) is 0.0772. The smallest absolute Gasteiger partial charge is 0.0696 e. The van der Waals surface area contributed by atoms with Gasteiger partial charge in [-0.2, -0.15) is 0 Å². The summed E-state index contributed by atoms with van der Waals surface area (Å²) in [7, 11) is 0. The summed E-state index contributed by atoms with van der Waals surface area (Å²) >= 11 is 0. The van der Waals surface area contributed by atoms with E-state index in [1.165, 1.54) is 0 Å². The van der Waals surface area contributed by atoms with Crippen LogP contribution >= 0.6 is 17.0 Å². The van der Waals surface area contributed by atoms with Crippen molar-refractivity contribution in [3.63, 3.8) is 0 Å². The average molecular weight is 190 g/mol. The van der Waals surface area contributed by atoms with E-state index in [9.17, 15) is 0 Å². The van der Waals surface area contributed by atoms with E-state index in [1.807, 2.05) is 6.07 Å². The van der Waals surface area contributed by atoms with Crippen molar-refractivity contribution in [1.29, 1.82) is 0 Å². The lowest BCUT2D eigenvalue weighted by atomic mass is 10.3. The van der Waals surface area contributed by atoms with E-state index >= 15 is 0 Å². The Morgan fingerprint density at radius 1 is 1.56 bits per heavy atom. The number of aliphatic hydroxyl groups excluding tert-OH is 1. The third-order valence-electron chi connectivity index (χ3n) is 0.905. The summed E-state index contributed by atoms with van der Waals surface area (Å²) in [5, 5.41) is 8.50. The number of hydrogen-bond acceptors (Lipinski definition) is 2. The second kappa shape index (κ2) is 4.47. The highest BCUT2D eigenvalue weighted by atomic mass is 79.9. The van der Waals surface area contributed by atoms with Crippen molar-refractivity contribution in [1.82, 2.24) is 4.98 Å². The molecule has 1 aromatic heterocycles. The molecule has 1 aromatic rings. The number of halogens is 1. The second-order valence-corrected chi connectivity index (χ2v) is 1.52. The Hall–Kier alpha value is -0.410. The molecule has 0 aliphatic rings. The lowest BCUT2D eigenvalue weighted by Gasteiger charge is -1.88. The second-order valence-electron chi connectivity index (χ2n) is 1.52. The van der Waals surface area contributed by atoms with E-state index in [0.29, 0.717) is 0 Å². The summed E-state index contributed by atoms with van der Waals surface area (Å²) in [5.74, 6) is 0. The molecule has 0 saturated carbocycles. The summed E-state index contributed by atoms with van der Waals surface area (Å²) in [6.07, 6.45) is 3.32. The van der Waals surface area contributed by atoms with Gasteiger partial charge in [0.2, 0.25) is 0 Å². The first-order valence-corrected chi connectivity index (χ1v) is 2.43. The topological polar surface area (TPSA) is 33.1 Å². The molecule has 0 fully saturated rings. The zero-order valence-corrected chi connectivity index (χ0v) is 6.53. The van der Waals surface area contributed by atoms with Crippen LogP contribution < -0.4 is 0 Å². The van der Waals surface area contributed by atoms with Crippen molar-refractivity contribution in [2.75, 3.05) is 0 Å². The fraction of sp³-hybridized carbons (Fsp3) is 0.167. The van der Waals surface area contributed by atoms with Gasteiger partial charge in [0, 0.05) is 12.4 Å². The molecule has 0 aliphatic heterocycles. The van der Waals surface area contributed by atoms with E-state index in [0.717, 1.165) is 5.56 Å². The largest absolute Gasteiger partial charge is 0.392 e. The molecule has 0 unspecified atom stereocenters. The number of rotatable bonds is 1. The average Bonchev–Trinajstić information content (AvgIpc) is 1.90. The Morgan fingerprint density at radius 3 is 2.67 bits per heavy atom. The van der Waals surface area contributed by atoms with Gasteiger partial charge in [-0.05, 0) is 11.6 Å². The molecule has 0 spiro atoms. The third-order valence-corrected chi connectivity index (χ3v) is 0.905. The van der Waals surface area contributed by atoms with E-state index in [2.05, 4.69) is 4.98 Å². The highest BCUT2D eigenvalue weighted by Gasteiger charge is 1.82. The van der Waals surface area contributed by atoms with Crippen LogP contribution in [0.15, 0.2) is 24.5 Å². The Bertz CT molecular complexity index is 154. The fourth-order valence-corrected chi connectivity index (χ4v) is 0.492. The zero-order chi connectivity index (χ0) is 5.82. The van der Waals surface area contributed by atoms with E-state index < -0.39 is 0 Å². The van der Waals surface area contributed by atoms with Crippen LogP contribution in [0.5, 0.6) is 0 Å². The Balaban J connectivity index is 0.000000640. The summed E-state index contributed by atoms with van der Waals surface area (Å²) in [4.78, 5) is 3.80. The van der Waals surface area contributed by atoms with Gasteiger partial charge in [-0.3, -0.25) is 4.98 Å². The highest BCUT2D eigenvalue weighted by Crippen LogP contribution is 1.92. The molecule has 2 nitrogen and oxygen atoms in total. The minimum absolute atomic E-state index is 0. The Kier molecular flexibility index (Phi) is 4.26. The summed E-state index contributed by atoms with van der Waals surface area (Å²) in [5.41, 5.74) is 0.854.